The van der Waals surface area contributed by atoms with E-state index in [0.29, 0.717) is 0 Å². The molecule has 0 fully saturated rings. The minimum absolute atomic E-state index is 0.404. The summed E-state index contributed by atoms with van der Waals surface area (Å²) in [4.78, 5) is 0. The molecule has 0 heterocycles. The van der Waals surface area contributed by atoms with Crippen LogP contribution in [0.5, 0.6) is 0 Å². The third kappa shape index (κ3) is 3.31. The summed E-state index contributed by atoms with van der Waals surface area (Å²) >= 11 is 0. The van der Waals surface area contributed by atoms with Crippen LogP contribution in [0.25, 0.3) is 11.1 Å². The molecule has 0 aliphatic rings. The van der Waals surface area contributed by atoms with Gasteiger partial charge >= 0.3 is 0 Å². The van der Waals surface area contributed by atoms with Crippen LogP contribution in [-0.4, -0.2) is 11.2 Å². The summed E-state index contributed by atoms with van der Waals surface area (Å²) in [5, 5.41) is 9.43. The van der Waals surface area contributed by atoms with Crippen LogP contribution in [0.4, 0.5) is 0 Å². The molecule has 1 atom stereocenters. The zero-order valence-electron chi connectivity index (χ0n) is 10.4. The Morgan fingerprint density at radius 3 is 2.17 bits per heavy atom. The van der Waals surface area contributed by atoms with Gasteiger partial charge in [0.15, 0.2) is 0 Å². The fourth-order valence-corrected chi connectivity index (χ4v) is 1.93. The van der Waals surface area contributed by atoms with Gasteiger partial charge in [0.1, 0.15) is 0 Å². The summed E-state index contributed by atoms with van der Waals surface area (Å²) in [6, 6.07) is 18.8. The minimum atomic E-state index is -0.404. The second-order valence-electron chi connectivity index (χ2n) is 4.40. The molecular weight excluding hydrogens is 220 g/mol. The Labute approximate surface area is 108 Å². The molecule has 0 amide bonds. The number of hydrogen-bond acceptors (Lipinski definition) is 1. The van der Waals surface area contributed by atoms with E-state index in [-0.39, 0.29) is 0 Å². The molecule has 92 valence electrons. The second kappa shape index (κ2) is 6.18. The van der Waals surface area contributed by atoms with Crippen LogP contribution in [0.2, 0.25) is 0 Å². The molecule has 2 aromatic carbocycles. The molecule has 0 aliphatic carbocycles. The van der Waals surface area contributed by atoms with Gasteiger partial charge in [-0.15, -0.1) is 6.58 Å². The van der Waals surface area contributed by atoms with Crippen molar-refractivity contribution in [3.63, 3.8) is 0 Å². The largest absolute Gasteiger partial charge is 0.389 e. The van der Waals surface area contributed by atoms with Gasteiger partial charge in [-0.05, 0) is 29.5 Å². The van der Waals surface area contributed by atoms with Crippen molar-refractivity contribution in [2.24, 2.45) is 0 Å². The summed E-state index contributed by atoms with van der Waals surface area (Å²) in [5.41, 5.74) is 3.70. The Morgan fingerprint density at radius 2 is 1.56 bits per heavy atom. The highest BCUT2D eigenvalue weighted by molar-refractivity contribution is 5.63. The van der Waals surface area contributed by atoms with Gasteiger partial charge in [-0.25, -0.2) is 0 Å². The van der Waals surface area contributed by atoms with Crippen molar-refractivity contribution in [2.45, 2.75) is 18.9 Å². The van der Waals surface area contributed by atoms with E-state index in [9.17, 15) is 5.11 Å². The van der Waals surface area contributed by atoms with Gasteiger partial charge < -0.3 is 5.11 Å². The predicted octanol–water partition coefficient (Wildman–Crippen LogP) is 3.83. The molecule has 0 aromatic heterocycles. The molecule has 2 aromatic rings. The van der Waals surface area contributed by atoms with Crippen molar-refractivity contribution in [3.05, 3.63) is 72.8 Å². The average molecular weight is 238 g/mol. The van der Waals surface area contributed by atoms with E-state index in [4.69, 9.17) is 0 Å². The molecule has 0 radical (unpaired) electrons. The number of benzene rings is 2. The molecule has 1 heteroatoms. The van der Waals surface area contributed by atoms with Gasteiger partial charge in [-0.2, -0.15) is 0 Å². The first-order valence-corrected chi connectivity index (χ1v) is 6.24. The van der Waals surface area contributed by atoms with E-state index in [0.717, 1.165) is 12.8 Å². The zero-order valence-corrected chi connectivity index (χ0v) is 10.4. The van der Waals surface area contributed by atoms with Crippen molar-refractivity contribution in [1.29, 1.82) is 0 Å². The average Bonchev–Trinajstić information content (AvgIpc) is 2.46. The lowest BCUT2D eigenvalue weighted by Gasteiger charge is -2.06. The first-order chi connectivity index (χ1) is 8.79. The van der Waals surface area contributed by atoms with Gasteiger partial charge in [0.25, 0.3) is 0 Å². The van der Waals surface area contributed by atoms with Crippen molar-refractivity contribution >= 4 is 0 Å². The first kappa shape index (κ1) is 12.6. The normalized spacial score (nSPS) is 12.1. The molecule has 1 nitrogen and oxygen atoms in total. The van der Waals surface area contributed by atoms with Crippen LogP contribution in [0, 0.1) is 0 Å². The van der Waals surface area contributed by atoms with Crippen LogP contribution in [-0.2, 0) is 6.42 Å². The molecule has 0 saturated carbocycles. The molecule has 2 rings (SSSR count). The Balaban J connectivity index is 2.04. The van der Waals surface area contributed by atoms with Crippen molar-refractivity contribution in [2.75, 3.05) is 0 Å². The van der Waals surface area contributed by atoms with Gasteiger partial charge in [-0.3, -0.25) is 0 Å². The van der Waals surface area contributed by atoms with Crippen LogP contribution < -0.4 is 0 Å². The van der Waals surface area contributed by atoms with Crippen molar-refractivity contribution in [3.8, 4) is 11.1 Å². The third-order valence-electron chi connectivity index (χ3n) is 3.06. The van der Waals surface area contributed by atoms with E-state index in [1.165, 1.54) is 16.7 Å². The number of hydrogen-bond donors (Lipinski definition) is 1. The standard InChI is InChI=1S/C17H18O/c1-2-17(18)13-10-14-8-11-16(12-9-14)15-6-4-3-5-7-15/h2-9,11-12,17-18H,1,10,13H2. The van der Waals surface area contributed by atoms with E-state index in [1.54, 1.807) is 6.08 Å². The summed E-state index contributed by atoms with van der Waals surface area (Å²) < 4.78 is 0. The number of aliphatic hydroxyl groups is 1. The van der Waals surface area contributed by atoms with Gasteiger partial charge in [0, 0.05) is 0 Å². The fraction of sp³-hybridized carbons (Fsp3) is 0.176. The topological polar surface area (TPSA) is 20.2 Å². The van der Waals surface area contributed by atoms with Crippen LogP contribution in [0.3, 0.4) is 0 Å². The van der Waals surface area contributed by atoms with E-state index < -0.39 is 6.10 Å². The van der Waals surface area contributed by atoms with E-state index in [1.807, 2.05) is 18.2 Å². The maximum atomic E-state index is 9.43. The highest BCUT2D eigenvalue weighted by Crippen LogP contribution is 2.19. The monoisotopic (exact) mass is 238 g/mol. The highest BCUT2D eigenvalue weighted by Gasteiger charge is 2.01. The molecule has 1 unspecified atom stereocenters. The van der Waals surface area contributed by atoms with Crippen molar-refractivity contribution < 1.29 is 5.11 Å². The summed E-state index contributed by atoms with van der Waals surface area (Å²) in [6.07, 6.45) is 2.79. The fourth-order valence-electron chi connectivity index (χ4n) is 1.93. The quantitative estimate of drug-likeness (QED) is 0.785. The summed E-state index contributed by atoms with van der Waals surface area (Å²) in [7, 11) is 0. The molecule has 18 heavy (non-hydrogen) atoms. The molecule has 0 bridgehead atoms. The van der Waals surface area contributed by atoms with Crippen LogP contribution >= 0.6 is 0 Å². The maximum absolute atomic E-state index is 9.43. The molecular formula is C17H18O. The molecule has 0 aliphatic heterocycles. The number of rotatable bonds is 5. The molecule has 0 saturated heterocycles. The lowest BCUT2D eigenvalue weighted by molar-refractivity contribution is 0.213. The molecule has 1 N–H and O–H groups in total. The smallest absolute Gasteiger partial charge is 0.0721 e. The Hall–Kier alpha value is -1.86. The summed E-state index contributed by atoms with van der Waals surface area (Å²) in [5.74, 6) is 0. The lowest BCUT2D eigenvalue weighted by Crippen LogP contribution is -2.02. The highest BCUT2D eigenvalue weighted by atomic mass is 16.3. The van der Waals surface area contributed by atoms with Gasteiger partial charge in [0.2, 0.25) is 0 Å². The Bertz CT molecular complexity index is 485. The van der Waals surface area contributed by atoms with Crippen LogP contribution in [0.15, 0.2) is 67.3 Å². The van der Waals surface area contributed by atoms with E-state index in [2.05, 4.69) is 43.0 Å². The first-order valence-electron chi connectivity index (χ1n) is 6.24. The third-order valence-corrected chi connectivity index (χ3v) is 3.06. The summed E-state index contributed by atoms with van der Waals surface area (Å²) in [6.45, 7) is 3.58. The zero-order chi connectivity index (χ0) is 12.8. The Morgan fingerprint density at radius 1 is 0.944 bits per heavy atom. The van der Waals surface area contributed by atoms with Crippen LogP contribution in [0.1, 0.15) is 12.0 Å². The van der Waals surface area contributed by atoms with E-state index >= 15 is 0 Å². The number of aliphatic hydroxyl groups excluding tert-OH is 1. The predicted molar refractivity (Wildman–Crippen MR) is 76.4 cm³/mol. The Kier molecular flexibility index (Phi) is 4.32. The molecule has 0 spiro atoms. The maximum Gasteiger partial charge on any atom is 0.0721 e. The van der Waals surface area contributed by atoms with Gasteiger partial charge in [-0.1, -0.05) is 60.7 Å². The lowest BCUT2D eigenvalue weighted by atomic mass is 10.0. The van der Waals surface area contributed by atoms with Gasteiger partial charge in [0.05, 0.1) is 6.10 Å². The SMILES string of the molecule is C=CC(O)CCc1ccc(-c2ccccc2)cc1. The van der Waals surface area contributed by atoms with Crippen molar-refractivity contribution in [1.82, 2.24) is 0 Å². The second-order valence-corrected chi connectivity index (χ2v) is 4.40. The number of aryl methyl sites for hydroxylation is 1. The minimum Gasteiger partial charge on any atom is -0.389 e.